The number of benzene rings is 2. The number of nitrogens with one attached hydrogen (secondary N) is 1. The highest BCUT2D eigenvalue weighted by Crippen LogP contribution is 2.31. The molecule has 3 aromatic rings. The minimum Gasteiger partial charge on any atom is -0.493 e. The van der Waals surface area contributed by atoms with Crippen LogP contribution in [0.3, 0.4) is 0 Å². The van der Waals surface area contributed by atoms with E-state index in [9.17, 15) is 0 Å². The van der Waals surface area contributed by atoms with Crippen LogP contribution >= 0.6 is 28.3 Å². The predicted molar refractivity (Wildman–Crippen MR) is 97.3 cm³/mol. The van der Waals surface area contributed by atoms with Gasteiger partial charge in [-0.25, -0.2) is 9.97 Å². The summed E-state index contributed by atoms with van der Waals surface area (Å²) in [7, 11) is 3.21. The Hall–Kier alpha value is -2.05. The molecular formula is C16H15BrClN3O2. The van der Waals surface area contributed by atoms with Gasteiger partial charge in [0, 0.05) is 27.8 Å². The smallest absolute Gasteiger partial charge is 0.227 e. The Morgan fingerprint density at radius 1 is 1.04 bits per heavy atom. The summed E-state index contributed by atoms with van der Waals surface area (Å²) >= 11 is 3.44. The van der Waals surface area contributed by atoms with E-state index in [1.165, 1.54) is 0 Å². The molecule has 0 unspecified atom stereocenters. The van der Waals surface area contributed by atoms with Crippen LogP contribution in [0.1, 0.15) is 0 Å². The van der Waals surface area contributed by atoms with E-state index in [0.717, 1.165) is 21.1 Å². The quantitative estimate of drug-likeness (QED) is 0.700. The van der Waals surface area contributed by atoms with Crippen LogP contribution in [0.4, 0.5) is 11.6 Å². The number of rotatable bonds is 4. The van der Waals surface area contributed by atoms with Gasteiger partial charge in [0.05, 0.1) is 19.7 Å². The van der Waals surface area contributed by atoms with Crippen LogP contribution in [0, 0.1) is 0 Å². The maximum Gasteiger partial charge on any atom is 0.227 e. The van der Waals surface area contributed by atoms with Crippen LogP contribution in [-0.2, 0) is 0 Å². The molecule has 120 valence electrons. The molecule has 0 radical (unpaired) electrons. The molecule has 0 aliphatic carbocycles. The number of halogens is 2. The van der Waals surface area contributed by atoms with Crippen LogP contribution in [0.5, 0.6) is 11.5 Å². The highest BCUT2D eigenvalue weighted by atomic mass is 79.9. The zero-order chi connectivity index (χ0) is 15.5. The van der Waals surface area contributed by atoms with Gasteiger partial charge in [0.1, 0.15) is 0 Å². The predicted octanol–water partition coefficient (Wildman–Crippen LogP) is 4.57. The van der Waals surface area contributed by atoms with Crippen molar-refractivity contribution in [2.45, 2.75) is 0 Å². The summed E-state index contributed by atoms with van der Waals surface area (Å²) in [6.07, 6.45) is 1.75. The first kappa shape index (κ1) is 17.3. The SMILES string of the molecule is COc1cc2cnc(Nc3cccc(Br)c3)nc2cc1OC.Cl. The van der Waals surface area contributed by atoms with E-state index in [2.05, 4.69) is 31.2 Å². The molecule has 1 N–H and O–H groups in total. The lowest BCUT2D eigenvalue weighted by Gasteiger charge is -2.10. The molecule has 2 aromatic carbocycles. The van der Waals surface area contributed by atoms with E-state index >= 15 is 0 Å². The molecule has 0 saturated heterocycles. The van der Waals surface area contributed by atoms with Gasteiger partial charge in [0.2, 0.25) is 5.95 Å². The van der Waals surface area contributed by atoms with Gasteiger partial charge in [-0.15, -0.1) is 12.4 Å². The summed E-state index contributed by atoms with van der Waals surface area (Å²) in [5.74, 6) is 1.83. The first-order valence-electron chi connectivity index (χ1n) is 6.61. The molecule has 0 spiro atoms. The molecule has 5 nitrogen and oxygen atoms in total. The molecule has 0 aliphatic heterocycles. The Bertz CT molecular complexity index is 830. The Kier molecular flexibility index (Phi) is 5.63. The second kappa shape index (κ2) is 7.48. The number of hydrogen-bond acceptors (Lipinski definition) is 5. The van der Waals surface area contributed by atoms with Crippen molar-refractivity contribution >= 4 is 50.9 Å². The number of methoxy groups -OCH3 is 2. The summed E-state index contributed by atoms with van der Waals surface area (Å²) in [6, 6.07) is 11.5. The Morgan fingerprint density at radius 2 is 1.78 bits per heavy atom. The Labute approximate surface area is 148 Å². The van der Waals surface area contributed by atoms with Crippen molar-refractivity contribution in [1.29, 1.82) is 0 Å². The zero-order valence-corrected chi connectivity index (χ0v) is 14.9. The molecular weight excluding hydrogens is 382 g/mol. The highest BCUT2D eigenvalue weighted by molar-refractivity contribution is 9.10. The number of anilines is 2. The minimum atomic E-state index is 0. The molecule has 23 heavy (non-hydrogen) atoms. The molecule has 0 aliphatic rings. The van der Waals surface area contributed by atoms with Gasteiger partial charge in [0.15, 0.2) is 11.5 Å². The van der Waals surface area contributed by atoms with Gasteiger partial charge in [-0.3, -0.25) is 0 Å². The number of fused-ring (bicyclic) bond motifs is 1. The van der Waals surface area contributed by atoms with Crippen molar-refractivity contribution in [2.75, 3.05) is 19.5 Å². The van der Waals surface area contributed by atoms with E-state index in [1.807, 2.05) is 36.4 Å². The van der Waals surface area contributed by atoms with Crippen molar-refractivity contribution in [3.05, 3.63) is 47.1 Å². The van der Waals surface area contributed by atoms with Crippen LogP contribution in [-0.4, -0.2) is 24.2 Å². The molecule has 3 rings (SSSR count). The topological polar surface area (TPSA) is 56.3 Å². The first-order chi connectivity index (χ1) is 10.7. The fourth-order valence-electron chi connectivity index (χ4n) is 2.11. The van der Waals surface area contributed by atoms with Crippen LogP contribution in [0.15, 0.2) is 47.1 Å². The number of nitrogens with zero attached hydrogens (tertiary/aromatic N) is 2. The lowest BCUT2D eigenvalue weighted by Crippen LogP contribution is -1.98. The van der Waals surface area contributed by atoms with E-state index in [4.69, 9.17) is 9.47 Å². The third-order valence-electron chi connectivity index (χ3n) is 3.17. The number of hydrogen-bond donors (Lipinski definition) is 1. The molecule has 1 aromatic heterocycles. The fraction of sp³-hybridized carbons (Fsp3) is 0.125. The second-order valence-electron chi connectivity index (χ2n) is 4.59. The third kappa shape index (κ3) is 3.83. The van der Waals surface area contributed by atoms with Crippen LogP contribution in [0.2, 0.25) is 0 Å². The summed E-state index contributed by atoms with van der Waals surface area (Å²) in [6.45, 7) is 0. The van der Waals surface area contributed by atoms with Crippen molar-refractivity contribution in [1.82, 2.24) is 9.97 Å². The molecule has 7 heteroatoms. The fourth-order valence-corrected chi connectivity index (χ4v) is 2.51. The average molecular weight is 397 g/mol. The van der Waals surface area contributed by atoms with E-state index in [0.29, 0.717) is 17.4 Å². The maximum atomic E-state index is 5.31. The standard InChI is InChI=1S/C16H14BrN3O2.ClH/c1-21-14-6-10-9-18-16(20-13(10)8-15(14)22-2)19-12-5-3-4-11(17)7-12;/h3-9H,1-2H3,(H,18,19,20);1H. The van der Waals surface area contributed by atoms with Gasteiger partial charge >= 0.3 is 0 Å². The lowest BCUT2D eigenvalue weighted by atomic mass is 10.2. The summed E-state index contributed by atoms with van der Waals surface area (Å²) in [4.78, 5) is 8.84. The summed E-state index contributed by atoms with van der Waals surface area (Å²) in [5.41, 5.74) is 1.69. The van der Waals surface area contributed by atoms with Gasteiger partial charge in [-0.1, -0.05) is 22.0 Å². The average Bonchev–Trinajstić information content (AvgIpc) is 2.53. The molecule has 0 saturated carbocycles. The molecule has 0 bridgehead atoms. The van der Waals surface area contributed by atoms with Crippen LogP contribution < -0.4 is 14.8 Å². The van der Waals surface area contributed by atoms with E-state index in [1.54, 1.807) is 20.4 Å². The Morgan fingerprint density at radius 3 is 2.48 bits per heavy atom. The van der Waals surface area contributed by atoms with Gasteiger partial charge in [-0.05, 0) is 24.3 Å². The van der Waals surface area contributed by atoms with Crippen molar-refractivity contribution < 1.29 is 9.47 Å². The first-order valence-corrected chi connectivity index (χ1v) is 7.40. The van der Waals surface area contributed by atoms with E-state index in [-0.39, 0.29) is 12.4 Å². The van der Waals surface area contributed by atoms with Crippen molar-refractivity contribution in [3.63, 3.8) is 0 Å². The molecule has 0 amide bonds. The zero-order valence-electron chi connectivity index (χ0n) is 12.5. The molecule has 0 atom stereocenters. The second-order valence-corrected chi connectivity index (χ2v) is 5.51. The number of aromatic nitrogens is 2. The molecule has 0 fully saturated rings. The third-order valence-corrected chi connectivity index (χ3v) is 3.66. The highest BCUT2D eigenvalue weighted by Gasteiger charge is 2.08. The maximum absolute atomic E-state index is 5.31. The summed E-state index contributed by atoms with van der Waals surface area (Å²) < 4.78 is 11.6. The minimum absolute atomic E-state index is 0. The normalized spacial score (nSPS) is 10.0. The van der Waals surface area contributed by atoms with Crippen LogP contribution in [0.25, 0.3) is 10.9 Å². The largest absolute Gasteiger partial charge is 0.493 e. The molecule has 1 heterocycles. The van der Waals surface area contributed by atoms with E-state index < -0.39 is 0 Å². The van der Waals surface area contributed by atoms with Gasteiger partial charge in [-0.2, -0.15) is 0 Å². The number of ether oxygens (including phenoxy) is 2. The van der Waals surface area contributed by atoms with Crippen molar-refractivity contribution in [2.24, 2.45) is 0 Å². The lowest BCUT2D eigenvalue weighted by molar-refractivity contribution is 0.356. The van der Waals surface area contributed by atoms with Gasteiger partial charge < -0.3 is 14.8 Å². The summed E-state index contributed by atoms with van der Waals surface area (Å²) in [5, 5.41) is 4.07. The van der Waals surface area contributed by atoms with Gasteiger partial charge in [0.25, 0.3) is 0 Å². The van der Waals surface area contributed by atoms with Crippen molar-refractivity contribution in [3.8, 4) is 11.5 Å². The Balaban J connectivity index is 0.00000192. The monoisotopic (exact) mass is 395 g/mol.